The van der Waals surface area contributed by atoms with Gasteiger partial charge in [-0.15, -0.1) is 0 Å². The molecule has 32 heavy (non-hydrogen) atoms. The second kappa shape index (κ2) is 10.1. The molecule has 1 aromatic heterocycles. The Hall–Kier alpha value is -3.61. The van der Waals surface area contributed by atoms with Gasteiger partial charge in [-0.2, -0.15) is 0 Å². The number of carbonyl (C=O) groups excluding carboxylic acids is 2. The highest BCUT2D eigenvalue weighted by Gasteiger charge is 2.23. The van der Waals surface area contributed by atoms with Crippen LogP contribution in [0.2, 0.25) is 0 Å². The van der Waals surface area contributed by atoms with Gasteiger partial charge in [0, 0.05) is 7.05 Å². The summed E-state index contributed by atoms with van der Waals surface area (Å²) < 4.78 is 8.47. The number of esters is 1. The third-order valence-electron chi connectivity index (χ3n) is 5.46. The maximum atomic E-state index is 12.9. The number of nitrogens with one attached hydrogen (secondary N) is 1. The summed E-state index contributed by atoms with van der Waals surface area (Å²) >= 11 is 0. The first-order valence-electron chi connectivity index (χ1n) is 10.8. The van der Waals surface area contributed by atoms with Crippen LogP contribution in [-0.4, -0.2) is 27.3 Å². The van der Waals surface area contributed by atoms with Crippen LogP contribution in [0, 0.1) is 6.92 Å². The molecule has 1 heterocycles. The van der Waals surface area contributed by atoms with E-state index < -0.39 is 18.0 Å². The van der Waals surface area contributed by atoms with E-state index in [-0.39, 0.29) is 11.2 Å². The smallest absolute Gasteiger partial charge is 0.338 e. The summed E-state index contributed by atoms with van der Waals surface area (Å²) in [6.07, 6.45) is 2.09. The summed E-state index contributed by atoms with van der Waals surface area (Å²) in [6.45, 7) is 5.36. The number of hydrogen-bond acceptors (Lipinski definition) is 4. The summed E-state index contributed by atoms with van der Waals surface area (Å²) in [5.74, 6) is -1.15. The molecule has 168 valence electrons. The number of para-hydroxylation sites is 1. The molecule has 3 aromatic rings. The van der Waals surface area contributed by atoms with E-state index in [0.29, 0.717) is 16.9 Å². The Morgan fingerprint density at radius 3 is 2.34 bits per heavy atom. The Morgan fingerprint density at radius 2 is 1.72 bits per heavy atom. The fourth-order valence-electron chi connectivity index (χ4n) is 3.41. The van der Waals surface area contributed by atoms with E-state index in [1.807, 2.05) is 42.5 Å². The minimum absolute atomic E-state index is 0.157. The van der Waals surface area contributed by atoms with Crippen LogP contribution in [0.3, 0.4) is 0 Å². The van der Waals surface area contributed by atoms with Crippen molar-refractivity contribution in [2.24, 2.45) is 7.05 Å². The van der Waals surface area contributed by atoms with Crippen LogP contribution in [0.15, 0.2) is 59.4 Å². The van der Waals surface area contributed by atoms with E-state index in [1.54, 1.807) is 30.8 Å². The number of rotatable bonds is 8. The van der Waals surface area contributed by atoms with Crippen molar-refractivity contribution in [2.45, 2.75) is 46.1 Å². The van der Waals surface area contributed by atoms with Gasteiger partial charge in [0.1, 0.15) is 5.69 Å². The van der Waals surface area contributed by atoms with Gasteiger partial charge in [-0.05, 0) is 56.5 Å². The lowest BCUT2D eigenvalue weighted by atomic mass is 10.1. The summed E-state index contributed by atoms with van der Waals surface area (Å²) in [4.78, 5) is 38.0. The minimum atomic E-state index is -1.06. The lowest BCUT2D eigenvalue weighted by Gasteiger charge is -2.13. The molecule has 1 unspecified atom stereocenters. The van der Waals surface area contributed by atoms with Crippen molar-refractivity contribution in [1.29, 1.82) is 0 Å². The average Bonchev–Trinajstić information content (AvgIpc) is 3.01. The number of anilines is 1. The highest BCUT2D eigenvalue weighted by Crippen LogP contribution is 2.15. The minimum Gasteiger partial charge on any atom is -0.449 e. The second-order valence-electron chi connectivity index (χ2n) is 7.77. The lowest BCUT2D eigenvalue weighted by Crippen LogP contribution is -2.32. The summed E-state index contributed by atoms with van der Waals surface area (Å²) in [6, 6.07) is 16.4. The molecule has 0 aliphatic heterocycles. The number of hydrogen-bond donors (Lipinski definition) is 1. The molecular formula is C25H29N3O4. The van der Waals surface area contributed by atoms with Crippen LogP contribution in [0.5, 0.6) is 0 Å². The van der Waals surface area contributed by atoms with Crippen molar-refractivity contribution in [3.63, 3.8) is 0 Å². The normalized spacial score (nSPS) is 11.8. The Kier molecular flexibility index (Phi) is 7.30. The molecule has 1 N–H and O–H groups in total. The first-order valence-corrected chi connectivity index (χ1v) is 10.8. The van der Waals surface area contributed by atoms with Crippen LogP contribution in [0.25, 0.3) is 5.69 Å². The molecule has 7 heteroatoms. The zero-order chi connectivity index (χ0) is 23.3. The Morgan fingerprint density at radius 1 is 1.06 bits per heavy atom. The lowest BCUT2D eigenvalue weighted by molar-refractivity contribution is -0.123. The van der Waals surface area contributed by atoms with Crippen molar-refractivity contribution in [3.8, 4) is 5.69 Å². The summed E-state index contributed by atoms with van der Waals surface area (Å²) in [5, 5.41) is 2.63. The number of benzene rings is 2. The number of unbranched alkanes of at least 4 members (excludes halogenated alkanes) is 1. The van der Waals surface area contributed by atoms with E-state index in [2.05, 4.69) is 12.2 Å². The SMILES string of the molecule is CCCCc1ccc(C(=O)OC(C)C(=O)Nc2c(C)n(C)n(-c3ccccc3)c2=O)cc1. The number of ether oxygens (including phenoxy) is 1. The molecule has 0 saturated heterocycles. The zero-order valence-electron chi connectivity index (χ0n) is 18.9. The molecule has 7 nitrogen and oxygen atoms in total. The molecule has 0 spiro atoms. The van der Waals surface area contributed by atoms with Gasteiger partial charge in [-0.1, -0.05) is 43.7 Å². The van der Waals surface area contributed by atoms with E-state index >= 15 is 0 Å². The maximum Gasteiger partial charge on any atom is 0.338 e. The Labute approximate surface area is 187 Å². The summed E-state index contributed by atoms with van der Waals surface area (Å²) in [7, 11) is 1.74. The molecule has 0 bridgehead atoms. The van der Waals surface area contributed by atoms with Gasteiger partial charge in [-0.3, -0.25) is 14.3 Å². The third kappa shape index (κ3) is 4.99. The highest BCUT2D eigenvalue weighted by molar-refractivity contribution is 5.97. The van der Waals surface area contributed by atoms with Gasteiger partial charge in [-0.25, -0.2) is 9.48 Å². The highest BCUT2D eigenvalue weighted by atomic mass is 16.5. The van der Waals surface area contributed by atoms with E-state index in [4.69, 9.17) is 4.74 Å². The third-order valence-corrected chi connectivity index (χ3v) is 5.46. The van der Waals surface area contributed by atoms with Crippen molar-refractivity contribution < 1.29 is 14.3 Å². The molecule has 1 amide bonds. The average molecular weight is 436 g/mol. The van der Waals surface area contributed by atoms with Crippen LogP contribution in [-0.2, 0) is 23.0 Å². The number of aromatic nitrogens is 2. The van der Waals surface area contributed by atoms with Crippen LogP contribution < -0.4 is 10.9 Å². The van der Waals surface area contributed by atoms with Gasteiger partial charge in [0.2, 0.25) is 0 Å². The van der Waals surface area contributed by atoms with Crippen molar-refractivity contribution in [2.75, 3.05) is 5.32 Å². The van der Waals surface area contributed by atoms with Gasteiger partial charge in [0.05, 0.1) is 16.9 Å². The van der Waals surface area contributed by atoms with E-state index in [9.17, 15) is 14.4 Å². The quantitative estimate of drug-likeness (QED) is 0.542. The Balaban J connectivity index is 1.70. The van der Waals surface area contributed by atoms with Crippen molar-refractivity contribution >= 4 is 17.6 Å². The summed E-state index contributed by atoms with van der Waals surface area (Å²) in [5.41, 5.74) is 2.62. The predicted molar refractivity (Wildman–Crippen MR) is 124 cm³/mol. The Bertz CT molecular complexity index is 1140. The monoisotopic (exact) mass is 435 g/mol. The number of nitrogens with zero attached hydrogens (tertiary/aromatic N) is 2. The molecule has 2 aromatic carbocycles. The fourth-order valence-corrected chi connectivity index (χ4v) is 3.41. The molecule has 0 aliphatic rings. The maximum absolute atomic E-state index is 12.9. The van der Waals surface area contributed by atoms with Gasteiger partial charge in [0.15, 0.2) is 6.10 Å². The predicted octanol–water partition coefficient (Wildman–Crippen LogP) is 4.01. The topological polar surface area (TPSA) is 82.3 Å². The second-order valence-corrected chi connectivity index (χ2v) is 7.77. The van der Waals surface area contributed by atoms with Crippen LogP contribution in [0.4, 0.5) is 5.69 Å². The fraction of sp³-hybridized carbons (Fsp3) is 0.320. The first kappa shape index (κ1) is 23.1. The van der Waals surface area contributed by atoms with Crippen LogP contribution in [0.1, 0.15) is 48.3 Å². The van der Waals surface area contributed by atoms with Crippen molar-refractivity contribution in [1.82, 2.24) is 9.36 Å². The van der Waals surface area contributed by atoms with Gasteiger partial charge < -0.3 is 10.1 Å². The van der Waals surface area contributed by atoms with Crippen molar-refractivity contribution in [3.05, 3.63) is 81.8 Å². The number of carbonyl (C=O) groups is 2. The molecule has 1 atom stereocenters. The zero-order valence-corrected chi connectivity index (χ0v) is 18.9. The molecule has 0 aliphatic carbocycles. The van der Waals surface area contributed by atoms with E-state index in [0.717, 1.165) is 24.8 Å². The molecule has 3 rings (SSSR count). The number of aryl methyl sites for hydroxylation is 1. The standard InChI is InChI=1S/C25H29N3O4/c1-5-6-10-19-13-15-20(16-14-19)25(31)32-18(3)23(29)26-22-17(2)27(4)28(24(22)30)21-11-8-7-9-12-21/h7-9,11-16,18H,5-6,10H2,1-4H3,(H,26,29). The van der Waals surface area contributed by atoms with Gasteiger partial charge in [0.25, 0.3) is 11.5 Å². The van der Waals surface area contributed by atoms with Crippen LogP contribution >= 0.6 is 0 Å². The molecular weight excluding hydrogens is 406 g/mol. The van der Waals surface area contributed by atoms with Gasteiger partial charge >= 0.3 is 5.97 Å². The van der Waals surface area contributed by atoms with E-state index in [1.165, 1.54) is 11.6 Å². The first-order chi connectivity index (χ1) is 15.3. The molecule has 0 saturated carbocycles. The number of amides is 1. The largest absolute Gasteiger partial charge is 0.449 e. The molecule has 0 fully saturated rings. The molecule has 0 radical (unpaired) electrons.